The quantitative estimate of drug-likeness (QED) is 0.794. The smallest absolute Gasteiger partial charge is 0.399 e. The molecule has 1 amide bonds. The van der Waals surface area contributed by atoms with Gasteiger partial charge in [-0.1, -0.05) is 18.2 Å². The molecule has 7 heteroatoms. The summed E-state index contributed by atoms with van der Waals surface area (Å²) in [6.45, 7) is 9.87. The highest BCUT2D eigenvalue weighted by Gasteiger charge is 2.52. The van der Waals surface area contributed by atoms with E-state index in [0.29, 0.717) is 5.69 Å². The van der Waals surface area contributed by atoms with Crippen molar-refractivity contribution in [1.82, 2.24) is 0 Å². The topological polar surface area (TPSA) is 67.8 Å². The molecule has 3 rings (SSSR count). The van der Waals surface area contributed by atoms with E-state index in [9.17, 15) is 14.3 Å². The monoisotopic (exact) mass is 385 g/mol. The van der Waals surface area contributed by atoms with E-state index in [4.69, 9.17) is 9.31 Å². The number of halogens is 1. The molecular weight excluding hydrogens is 360 g/mol. The number of carbonyl (C=O) groups is 1. The molecule has 28 heavy (non-hydrogen) atoms. The predicted octanol–water partition coefficient (Wildman–Crippen LogP) is 3.11. The fourth-order valence-electron chi connectivity index (χ4n) is 3.03. The first-order valence-electron chi connectivity index (χ1n) is 9.21. The van der Waals surface area contributed by atoms with Crippen molar-refractivity contribution in [3.8, 4) is 0 Å². The molecule has 148 valence electrons. The Morgan fingerprint density at radius 2 is 1.75 bits per heavy atom. The van der Waals surface area contributed by atoms with E-state index in [0.717, 1.165) is 17.1 Å². The van der Waals surface area contributed by atoms with Crippen molar-refractivity contribution >= 4 is 24.2 Å². The highest BCUT2D eigenvalue weighted by molar-refractivity contribution is 6.62. The van der Waals surface area contributed by atoms with Crippen LogP contribution >= 0.6 is 0 Å². The van der Waals surface area contributed by atoms with Crippen molar-refractivity contribution in [2.75, 3.05) is 5.32 Å². The minimum absolute atomic E-state index is 0.197. The van der Waals surface area contributed by atoms with Crippen molar-refractivity contribution < 1.29 is 23.6 Å². The molecule has 2 aromatic rings. The molecule has 1 saturated heterocycles. The molecule has 0 radical (unpaired) electrons. The van der Waals surface area contributed by atoms with Crippen LogP contribution in [0.1, 0.15) is 44.9 Å². The first-order valence-corrected chi connectivity index (χ1v) is 9.21. The molecule has 1 atom stereocenters. The number of hydrogen-bond donors (Lipinski definition) is 2. The second-order valence-corrected chi connectivity index (χ2v) is 8.11. The summed E-state index contributed by atoms with van der Waals surface area (Å²) < 4.78 is 25.5. The van der Waals surface area contributed by atoms with Crippen molar-refractivity contribution in [3.63, 3.8) is 0 Å². The summed E-state index contributed by atoms with van der Waals surface area (Å²) in [5.41, 5.74) is 1.61. The normalized spacial score (nSPS) is 18.8. The van der Waals surface area contributed by atoms with Crippen LogP contribution in [0.2, 0.25) is 0 Å². The molecule has 5 nitrogen and oxygen atoms in total. The molecule has 2 N–H and O–H groups in total. The van der Waals surface area contributed by atoms with Crippen LogP contribution in [0.5, 0.6) is 0 Å². The van der Waals surface area contributed by atoms with Gasteiger partial charge in [0.15, 0.2) is 6.10 Å². The van der Waals surface area contributed by atoms with Crippen molar-refractivity contribution in [2.45, 2.75) is 51.9 Å². The van der Waals surface area contributed by atoms with Gasteiger partial charge in [-0.3, -0.25) is 4.79 Å². The van der Waals surface area contributed by atoms with Gasteiger partial charge in [0, 0.05) is 5.69 Å². The summed E-state index contributed by atoms with van der Waals surface area (Å²) in [5, 5.41) is 12.8. The molecule has 1 unspecified atom stereocenters. The number of anilines is 1. The second kappa shape index (κ2) is 7.31. The van der Waals surface area contributed by atoms with E-state index >= 15 is 0 Å². The number of aliphatic hydroxyl groups is 1. The lowest BCUT2D eigenvalue weighted by molar-refractivity contribution is -0.124. The Balaban J connectivity index is 1.73. The number of benzene rings is 2. The van der Waals surface area contributed by atoms with Gasteiger partial charge in [0.25, 0.3) is 5.91 Å². The maximum Gasteiger partial charge on any atom is 0.495 e. The Bertz CT molecular complexity index is 884. The lowest BCUT2D eigenvalue weighted by Crippen LogP contribution is -2.41. The second-order valence-electron chi connectivity index (χ2n) is 8.11. The Kier molecular flexibility index (Phi) is 5.36. The van der Waals surface area contributed by atoms with Crippen LogP contribution in [0, 0.1) is 12.7 Å². The molecule has 1 fully saturated rings. The van der Waals surface area contributed by atoms with E-state index in [2.05, 4.69) is 5.32 Å². The van der Waals surface area contributed by atoms with Crippen LogP contribution in [0.25, 0.3) is 0 Å². The molecule has 1 aliphatic heterocycles. The van der Waals surface area contributed by atoms with Gasteiger partial charge in [-0.05, 0) is 75.5 Å². The minimum atomic E-state index is -1.46. The largest absolute Gasteiger partial charge is 0.495 e. The van der Waals surface area contributed by atoms with Gasteiger partial charge in [-0.25, -0.2) is 4.39 Å². The summed E-state index contributed by atoms with van der Waals surface area (Å²) in [6.07, 6.45) is -1.46. The molecule has 0 saturated carbocycles. The number of aliphatic hydroxyl groups excluding tert-OH is 1. The van der Waals surface area contributed by atoms with E-state index in [1.165, 1.54) is 18.2 Å². The number of nitrogens with one attached hydrogen (secondary N) is 1. The van der Waals surface area contributed by atoms with Crippen LogP contribution in [-0.2, 0) is 14.1 Å². The number of rotatable bonds is 4. The third-order valence-corrected chi connectivity index (χ3v) is 5.46. The maximum atomic E-state index is 13.3. The zero-order valence-electron chi connectivity index (χ0n) is 16.7. The standard InChI is InChI=1S/C21H25BFNO4/c1-13-11-16(24-19(26)18(25)14-7-6-8-15(23)12-14)9-10-17(13)22-27-20(2,3)21(4,5)28-22/h6-12,18,25H,1-5H3,(H,24,26). The Morgan fingerprint density at radius 1 is 1.11 bits per heavy atom. The number of hydrogen-bond acceptors (Lipinski definition) is 4. The number of carbonyl (C=O) groups excluding carboxylic acids is 1. The fraction of sp³-hybridized carbons (Fsp3) is 0.381. The van der Waals surface area contributed by atoms with Gasteiger partial charge in [0.05, 0.1) is 11.2 Å². The summed E-state index contributed by atoms with van der Waals surface area (Å²) in [6, 6.07) is 10.7. The first kappa shape index (κ1) is 20.5. The Labute approximate surface area is 165 Å². The molecule has 0 aliphatic carbocycles. The van der Waals surface area contributed by atoms with Gasteiger partial charge in [-0.15, -0.1) is 0 Å². The SMILES string of the molecule is Cc1cc(NC(=O)C(O)c2cccc(F)c2)ccc1B1OC(C)(C)C(C)(C)O1. The molecule has 0 bridgehead atoms. The summed E-state index contributed by atoms with van der Waals surface area (Å²) in [4.78, 5) is 12.3. The van der Waals surface area contributed by atoms with Crippen molar-refractivity contribution in [2.24, 2.45) is 0 Å². The highest BCUT2D eigenvalue weighted by atomic mass is 19.1. The zero-order chi connectivity index (χ0) is 20.7. The van der Waals surface area contributed by atoms with Crippen molar-refractivity contribution in [1.29, 1.82) is 0 Å². The Hall–Kier alpha value is -2.22. The van der Waals surface area contributed by atoms with E-state index in [1.54, 1.807) is 12.1 Å². The summed E-state index contributed by atoms with van der Waals surface area (Å²) >= 11 is 0. The molecule has 0 spiro atoms. The molecule has 1 aliphatic rings. The zero-order valence-corrected chi connectivity index (χ0v) is 16.7. The third-order valence-electron chi connectivity index (χ3n) is 5.46. The number of aryl methyl sites for hydroxylation is 1. The third kappa shape index (κ3) is 3.97. The molecule has 2 aromatic carbocycles. The summed E-state index contributed by atoms with van der Waals surface area (Å²) in [7, 11) is -0.493. The summed E-state index contributed by atoms with van der Waals surface area (Å²) in [5.74, 6) is -1.14. The lowest BCUT2D eigenvalue weighted by atomic mass is 9.76. The van der Waals surface area contributed by atoms with Gasteiger partial charge in [-0.2, -0.15) is 0 Å². The van der Waals surface area contributed by atoms with Crippen molar-refractivity contribution in [3.05, 3.63) is 59.4 Å². The van der Waals surface area contributed by atoms with Crippen LogP contribution in [0.4, 0.5) is 10.1 Å². The fourth-order valence-corrected chi connectivity index (χ4v) is 3.03. The van der Waals surface area contributed by atoms with Gasteiger partial charge < -0.3 is 19.7 Å². The maximum absolute atomic E-state index is 13.3. The molecule has 1 heterocycles. The minimum Gasteiger partial charge on any atom is -0.399 e. The van der Waals surface area contributed by atoms with Gasteiger partial charge in [0.1, 0.15) is 5.82 Å². The van der Waals surface area contributed by atoms with Crippen LogP contribution in [0.15, 0.2) is 42.5 Å². The van der Waals surface area contributed by atoms with Crippen LogP contribution in [0.3, 0.4) is 0 Å². The lowest BCUT2D eigenvalue weighted by Gasteiger charge is -2.32. The van der Waals surface area contributed by atoms with E-state index < -0.39 is 36.1 Å². The number of amides is 1. The Morgan fingerprint density at radius 3 is 2.32 bits per heavy atom. The van der Waals surface area contributed by atoms with E-state index in [-0.39, 0.29) is 5.56 Å². The highest BCUT2D eigenvalue weighted by Crippen LogP contribution is 2.36. The van der Waals surface area contributed by atoms with Crippen LogP contribution in [-0.4, -0.2) is 29.3 Å². The van der Waals surface area contributed by atoms with Gasteiger partial charge >= 0.3 is 7.12 Å². The van der Waals surface area contributed by atoms with Crippen LogP contribution < -0.4 is 10.8 Å². The first-order chi connectivity index (χ1) is 13.0. The molecule has 0 aromatic heterocycles. The molecular formula is C21H25BFNO4. The average molecular weight is 385 g/mol. The van der Waals surface area contributed by atoms with Gasteiger partial charge in [0.2, 0.25) is 0 Å². The average Bonchev–Trinajstić information content (AvgIpc) is 2.81. The van der Waals surface area contributed by atoms with E-state index in [1.807, 2.05) is 40.7 Å². The predicted molar refractivity (Wildman–Crippen MR) is 107 cm³/mol.